The van der Waals surface area contributed by atoms with Crippen LogP contribution in [-0.2, 0) is 11.2 Å². The fourth-order valence-electron chi connectivity index (χ4n) is 3.75. The number of halogens is 3. The molecule has 0 radical (unpaired) electrons. The third kappa shape index (κ3) is 5.81. The maximum Gasteiger partial charge on any atom is 0.573 e. The summed E-state index contributed by atoms with van der Waals surface area (Å²) >= 11 is 0. The van der Waals surface area contributed by atoms with Crippen LogP contribution in [0.1, 0.15) is 25.3 Å². The van der Waals surface area contributed by atoms with Gasteiger partial charge in [-0.25, -0.2) is 0 Å². The Bertz CT molecular complexity index is 824. The van der Waals surface area contributed by atoms with Crippen molar-refractivity contribution < 1.29 is 27.4 Å². The van der Waals surface area contributed by atoms with Gasteiger partial charge in [0.2, 0.25) is 0 Å². The molecule has 2 aliphatic rings. The van der Waals surface area contributed by atoms with E-state index in [9.17, 15) is 13.2 Å². The van der Waals surface area contributed by atoms with Gasteiger partial charge in [0.25, 0.3) is 0 Å². The first-order valence-electron chi connectivity index (χ1n) is 10.2. The molecule has 4 rings (SSSR count). The molecule has 1 atom stereocenters. The Kier molecular flexibility index (Phi) is 5.82. The Labute approximate surface area is 174 Å². The summed E-state index contributed by atoms with van der Waals surface area (Å²) in [7, 11) is 0. The minimum atomic E-state index is -4.65. The van der Waals surface area contributed by atoms with E-state index in [1.165, 1.54) is 17.8 Å². The largest absolute Gasteiger partial charge is 0.573 e. The van der Waals surface area contributed by atoms with E-state index < -0.39 is 6.36 Å². The summed E-state index contributed by atoms with van der Waals surface area (Å²) in [6, 6.07) is 14.4. The molecule has 0 N–H and O–H groups in total. The number of benzene rings is 2. The van der Waals surface area contributed by atoms with E-state index in [2.05, 4.69) is 21.8 Å². The average Bonchev–Trinajstić information content (AvgIpc) is 3.46. The summed E-state index contributed by atoms with van der Waals surface area (Å²) in [5, 5.41) is 0. The molecule has 2 aromatic carbocycles. The van der Waals surface area contributed by atoms with Crippen LogP contribution >= 0.6 is 0 Å². The minimum Gasteiger partial charge on any atom is -0.491 e. The molecule has 0 spiro atoms. The van der Waals surface area contributed by atoms with Gasteiger partial charge >= 0.3 is 6.36 Å². The Balaban J connectivity index is 1.23. The second-order valence-electron chi connectivity index (χ2n) is 8.35. The summed E-state index contributed by atoms with van der Waals surface area (Å²) in [6.45, 7) is 5.29. The molecule has 4 nitrogen and oxygen atoms in total. The third-order valence-corrected chi connectivity index (χ3v) is 5.68. The molecule has 0 aromatic heterocycles. The van der Waals surface area contributed by atoms with Gasteiger partial charge in [-0.1, -0.05) is 12.1 Å². The number of rotatable bonds is 7. The number of nitrogens with zero attached hydrogens (tertiary/aromatic N) is 1. The Morgan fingerprint density at radius 3 is 2.17 bits per heavy atom. The van der Waals surface area contributed by atoms with Gasteiger partial charge in [-0.2, -0.15) is 0 Å². The van der Waals surface area contributed by atoms with Crippen LogP contribution < -0.4 is 14.4 Å². The summed E-state index contributed by atoms with van der Waals surface area (Å²) in [5.41, 5.74) is 2.10. The summed E-state index contributed by atoms with van der Waals surface area (Å²) in [5.74, 6) is 1.20. The van der Waals surface area contributed by atoms with E-state index in [4.69, 9.17) is 9.47 Å². The number of anilines is 1. The van der Waals surface area contributed by atoms with Crippen molar-refractivity contribution in [2.45, 2.75) is 38.1 Å². The molecular weight excluding hydrogens is 395 g/mol. The zero-order chi connectivity index (χ0) is 21.2. The molecule has 162 valence electrons. The zero-order valence-corrected chi connectivity index (χ0v) is 17.0. The SMILES string of the molecule is CC1(COc2ccc(N3CCC(Cc4ccc(OC(F)(F)F)cc4)CC3)cc2)CO1. The van der Waals surface area contributed by atoms with E-state index in [1.807, 2.05) is 19.1 Å². The standard InChI is InChI=1S/C23H26F3NO3/c1-22(16-29-22)15-28-20-8-4-19(5-9-20)27-12-10-18(11-13-27)14-17-2-6-21(7-3-17)30-23(24,25)26/h2-9,18H,10-16H2,1H3. The van der Waals surface area contributed by atoms with E-state index in [0.717, 1.165) is 50.3 Å². The van der Waals surface area contributed by atoms with E-state index >= 15 is 0 Å². The number of piperidine rings is 1. The molecule has 30 heavy (non-hydrogen) atoms. The Morgan fingerprint density at radius 2 is 1.60 bits per heavy atom. The van der Waals surface area contributed by atoms with Gasteiger partial charge in [-0.15, -0.1) is 13.2 Å². The lowest BCUT2D eigenvalue weighted by molar-refractivity contribution is -0.274. The lowest BCUT2D eigenvalue weighted by atomic mass is 9.90. The molecule has 2 aromatic rings. The smallest absolute Gasteiger partial charge is 0.491 e. The normalized spacial score (nSPS) is 22.1. The lowest BCUT2D eigenvalue weighted by Crippen LogP contribution is -2.34. The van der Waals surface area contributed by atoms with Gasteiger partial charge in [0.05, 0.1) is 6.61 Å². The molecule has 2 saturated heterocycles. The van der Waals surface area contributed by atoms with E-state index in [1.54, 1.807) is 12.1 Å². The van der Waals surface area contributed by atoms with Gasteiger partial charge in [0, 0.05) is 18.8 Å². The highest BCUT2D eigenvalue weighted by Crippen LogP contribution is 2.30. The van der Waals surface area contributed by atoms with Crippen molar-refractivity contribution in [1.29, 1.82) is 0 Å². The molecule has 7 heteroatoms. The maximum absolute atomic E-state index is 12.3. The van der Waals surface area contributed by atoms with Crippen molar-refractivity contribution in [3.05, 3.63) is 54.1 Å². The highest BCUT2D eigenvalue weighted by atomic mass is 19.4. The van der Waals surface area contributed by atoms with E-state index in [0.29, 0.717) is 12.5 Å². The first-order chi connectivity index (χ1) is 14.3. The van der Waals surface area contributed by atoms with Gasteiger partial charge < -0.3 is 19.1 Å². The third-order valence-electron chi connectivity index (χ3n) is 5.68. The molecule has 2 fully saturated rings. The summed E-state index contributed by atoms with van der Waals surface area (Å²) < 4.78 is 51.8. The van der Waals surface area contributed by atoms with Crippen molar-refractivity contribution >= 4 is 5.69 Å². The molecule has 2 heterocycles. The van der Waals surface area contributed by atoms with Crippen molar-refractivity contribution in [2.24, 2.45) is 5.92 Å². The molecule has 0 bridgehead atoms. The quantitative estimate of drug-likeness (QED) is 0.575. The molecule has 0 amide bonds. The number of hydrogen-bond donors (Lipinski definition) is 0. The fraction of sp³-hybridized carbons (Fsp3) is 0.478. The van der Waals surface area contributed by atoms with Crippen LogP contribution in [0.25, 0.3) is 0 Å². The topological polar surface area (TPSA) is 34.2 Å². The molecule has 0 saturated carbocycles. The first kappa shape index (κ1) is 20.8. The van der Waals surface area contributed by atoms with Crippen LogP contribution in [0.5, 0.6) is 11.5 Å². The Hall–Kier alpha value is -2.41. The van der Waals surface area contributed by atoms with E-state index in [-0.39, 0.29) is 11.4 Å². The number of ether oxygens (including phenoxy) is 3. The minimum absolute atomic E-state index is 0.119. The number of hydrogen-bond acceptors (Lipinski definition) is 4. The second kappa shape index (κ2) is 8.38. The van der Waals surface area contributed by atoms with Gasteiger partial charge in [0.15, 0.2) is 0 Å². The lowest BCUT2D eigenvalue weighted by Gasteiger charge is -2.33. The first-order valence-corrected chi connectivity index (χ1v) is 10.2. The second-order valence-corrected chi connectivity index (χ2v) is 8.35. The van der Waals surface area contributed by atoms with Crippen LogP contribution in [0.2, 0.25) is 0 Å². The van der Waals surface area contributed by atoms with Gasteiger partial charge in [-0.05, 0) is 74.1 Å². The van der Waals surface area contributed by atoms with Crippen LogP contribution in [0.4, 0.5) is 18.9 Å². The highest BCUT2D eigenvalue weighted by molar-refractivity contribution is 5.49. The highest BCUT2D eigenvalue weighted by Gasteiger charge is 2.40. The van der Waals surface area contributed by atoms with Gasteiger partial charge in [0.1, 0.15) is 23.7 Å². The molecule has 0 aliphatic carbocycles. The maximum atomic E-state index is 12.3. The van der Waals surface area contributed by atoms with Crippen molar-refractivity contribution in [3.63, 3.8) is 0 Å². The fourth-order valence-corrected chi connectivity index (χ4v) is 3.75. The van der Waals surface area contributed by atoms with Crippen molar-refractivity contribution in [1.82, 2.24) is 0 Å². The predicted molar refractivity (Wildman–Crippen MR) is 108 cm³/mol. The van der Waals surface area contributed by atoms with Crippen molar-refractivity contribution in [3.8, 4) is 11.5 Å². The monoisotopic (exact) mass is 421 g/mol. The van der Waals surface area contributed by atoms with Gasteiger partial charge in [-0.3, -0.25) is 0 Å². The van der Waals surface area contributed by atoms with Crippen molar-refractivity contribution in [2.75, 3.05) is 31.2 Å². The van der Waals surface area contributed by atoms with Crippen LogP contribution in [0.15, 0.2) is 48.5 Å². The van der Waals surface area contributed by atoms with Crippen LogP contribution in [-0.4, -0.2) is 38.3 Å². The molecule has 2 aliphatic heterocycles. The molecule has 1 unspecified atom stereocenters. The van der Waals surface area contributed by atoms with Crippen LogP contribution in [0.3, 0.4) is 0 Å². The predicted octanol–water partition coefficient (Wildman–Crippen LogP) is 5.21. The Morgan fingerprint density at radius 1 is 1.00 bits per heavy atom. The zero-order valence-electron chi connectivity index (χ0n) is 17.0. The summed E-state index contributed by atoms with van der Waals surface area (Å²) in [6.07, 6.45) is -1.68. The van der Waals surface area contributed by atoms with Crippen LogP contribution in [0, 0.1) is 5.92 Å². The number of epoxide rings is 1. The summed E-state index contributed by atoms with van der Waals surface area (Å²) in [4.78, 5) is 2.37. The number of alkyl halides is 3. The average molecular weight is 421 g/mol. The molecular formula is C23H26F3NO3.